The van der Waals surface area contributed by atoms with Crippen LogP contribution in [-0.4, -0.2) is 53.9 Å². The van der Waals surface area contributed by atoms with Crippen molar-refractivity contribution in [2.24, 2.45) is 11.1 Å². The third kappa shape index (κ3) is 7.55. The predicted octanol–water partition coefficient (Wildman–Crippen LogP) is 5.03. The van der Waals surface area contributed by atoms with E-state index in [1.165, 1.54) is 43.5 Å². The molecule has 3 aromatic rings. The van der Waals surface area contributed by atoms with Gasteiger partial charge in [-0.3, -0.25) is 9.69 Å². The first-order valence-electron chi connectivity index (χ1n) is 13.2. The fourth-order valence-corrected chi connectivity index (χ4v) is 4.70. The zero-order valence-electron chi connectivity index (χ0n) is 23.0. The highest BCUT2D eigenvalue weighted by Gasteiger charge is 2.35. The van der Waals surface area contributed by atoms with Gasteiger partial charge in [-0.15, -0.1) is 0 Å². The lowest BCUT2D eigenvalue weighted by molar-refractivity contribution is -0.131. The number of halogens is 2. The van der Waals surface area contributed by atoms with Gasteiger partial charge < -0.3 is 25.3 Å². The van der Waals surface area contributed by atoms with Crippen molar-refractivity contribution in [2.45, 2.75) is 25.8 Å². The third-order valence-corrected chi connectivity index (χ3v) is 7.01. The molecular formula is C30H30ClFN4O6. The second-order valence-corrected chi connectivity index (χ2v) is 10.0. The average Bonchev–Trinajstić information content (AvgIpc) is 3.14. The van der Waals surface area contributed by atoms with E-state index in [1.54, 1.807) is 30.3 Å². The van der Waals surface area contributed by atoms with Gasteiger partial charge >= 0.3 is 12.0 Å². The van der Waals surface area contributed by atoms with Gasteiger partial charge in [0.2, 0.25) is 5.91 Å². The maximum Gasteiger partial charge on any atom is 0.335 e. The summed E-state index contributed by atoms with van der Waals surface area (Å²) >= 11 is 6.21. The van der Waals surface area contributed by atoms with Gasteiger partial charge in [-0.1, -0.05) is 35.8 Å². The number of carboxylic acid groups (broad SMARTS) is 1. The molecule has 0 aliphatic carbocycles. The molecule has 12 heteroatoms. The third-order valence-electron chi connectivity index (χ3n) is 6.77. The summed E-state index contributed by atoms with van der Waals surface area (Å²) in [5.74, 6) is -1.61. The zero-order valence-corrected chi connectivity index (χ0v) is 23.7. The molecule has 2 atom stereocenters. The van der Waals surface area contributed by atoms with Gasteiger partial charge in [0.1, 0.15) is 11.6 Å². The minimum Gasteiger partial charge on any atom is -0.496 e. The summed E-state index contributed by atoms with van der Waals surface area (Å²) < 4.78 is 18.7. The van der Waals surface area contributed by atoms with E-state index in [2.05, 4.69) is 15.8 Å². The average molecular weight is 597 g/mol. The van der Waals surface area contributed by atoms with Crippen LogP contribution in [0.4, 0.5) is 9.18 Å². The smallest absolute Gasteiger partial charge is 0.335 e. The molecule has 0 unspecified atom stereocenters. The fourth-order valence-electron chi connectivity index (χ4n) is 4.51. The van der Waals surface area contributed by atoms with Crippen LogP contribution in [-0.2, 0) is 11.2 Å². The number of carbonyl (C=O) groups excluding carboxylic acids is 2. The molecule has 1 saturated heterocycles. The number of aromatic carboxylic acids is 1. The molecule has 10 nitrogen and oxygen atoms in total. The number of benzene rings is 3. The Kier molecular flexibility index (Phi) is 9.98. The molecule has 3 amide bonds. The number of carboxylic acids is 1. The van der Waals surface area contributed by atoms with Crippen LogP contribution in [0.5, 0.6) is 11.5 Å². The summed E-state index contributed by atoms with van der Waals surface area (Å²) in [6, 6.07) is 15.4. The van der Waals surface area contributed by atoms with E-state index in [0.717, 1.165) is 4.90 Å². The zero-order chi connectivity index (χ0) is 30.2. The molecule has 0 aromatic heterocycles. The standard InChI is InChI=1S/C30H30ClFN4O6/c1-3-25(18-4-6-19(7-5-18)29(38)39)34-30(40)36-17-27(35-42-24-11-9-23(32)10-12-24)33-16-21(28(36)37)14-20-15-22(31)8-13-26(20)41-2/h4-13,15,21,25H,3,14,16-17H2,1-2H3,(H,33,35)(H,34,40)(H,38,39)/t21-,25-/m1/s1. The molecule has 1 fully saturated rings. The maximum atomic E-state index is 13.8. The first-order chi connectivity index (χ1) is 20.2. The molecule has 42 heavy (non-hydrogen) atoms. The molecule has 0 radical (unpaired) electrons. The summed E-state index contributed by atoms with van der Waals surface area (Å²) in [5.41, 5.74) is 1.50. The van der Waals surface area contributed by atoms with Crippen molar-refractivity contribution in [1.29, 1.82) is 0 Å². The number of imide groups is 1. The van der Waals surface area contributed by atoms with Crippen molar-refractivity contribution in [3.8, 4) is 11.5 Å². The van der Waals surface area contributed by atoms with Crippen molar-refractivity contribution in [3.63, 3.8) is 0 Å². The summed E-state index contributed by atoms with van der Waals surface area (Å²) in [7, 11) is 1.52. The van der Waals surface area contributed by atoms with Gasteiger partial charge in [0.25, 0.3) is 0 Å². The van der Waals surface area contributed by atoms with E-state index in [9.17, 15) is 23.9 Å². The van der Waals surface area contributed by atoms with Crippen LogP contribution in [0.3, 0.4) is 0 Å². The number of nitrogens with one attached hydrogen (secondary N) is 2. The highest BCUT2D eigenvalue weighted by atomic mass is 35.5. The number of oxime groups is 1. The molecule has 3 aromatic carbocycles. The van der Waals surface area contributed by atoms with E-state index in [-0.39, 0.29) is 36.7 Å². The Morgan fingerprint density at radius 2 is 1.88 bits per heavy atom. The highest BCUT2D eigenvalue weighted by molar-refractivity contribution is 6.30. The molecule has 220 valence electrons. The lowest BCUT2D eigenvalue weighted by Crippen LogP contribution is -2.48. The van der Waals surface area contributed by atoms with Crippen molar-refractivity contribution >= 4 is 35.3 Å². The van der Waals surface area contributed by atoms with Gasteiger partial charge in [0.15, 0.2) is 11.6 Å². The predicted molar refractivity (Wildman–Crippen MR) is 154 cm³/mol. The summed E-state index contributed by atoms with van der Waals surface area (Å²) in [5, 5.41) is 19.7. The number of nitrogens with zero attached hydrogens (tertiary/aromatic N) is 2. The number of carbonyl (C=O) groups is 3. The quantitative estimate of drug-likeness (QED) is 0.295. The van der Waals surface area contributed by atoms with E-state index in [1.807, 2.05) is 6.92 Å². The van der Waals surface area contributed by atoms with Crippen molar-refractivity contribution < 1.29 is 33.5 Å². The van der Waals surface area contributed by atoms with Gasteiger partial charge in [-0.05, 0) is 78.6 Å². The van der Waals surface area contributed by atoms with E-state index < -0.39 is 35.7 Å². The fraction of sp³-hybridized carbons (Fsp3) is 0.267. The van der Waals surface area contributed by atoms with Crippen LogP contribution in [0.15, 0.2) is 71.9 Å². The van der Waals surface area contributed by atoms with Crippen LogP contribution in [0, 0.1) is 11.7 Å². The highest BCUT2D eigenvalue weighted by Crippen LogP contribution is 2.27. The Balaban J connectivity index is 1.60. The molecule has 0 spiro atoms. The molecule has 0 saturated carbocycles. The first kappa shape index (κ1) is 30.3. The first-order valence-corrected chi connectivity index (χ1v) is 13.6. The van der Waals surface area contributed by atoms with Crippen LogP contribution >= 0.6 is 11.6 Å². The van der Waals surface area contributed by atoms with Crippen molar-refractivity contribution in [1.82, 2.24) is 15.5 Å². The van der Waals surface area contributed by atoms with Gasteiger partial charge in [-0.2, -0.15) is 0 Å². The van der Waals surface area contributed by atoms with E-state index in [4.69, 9.17) is 21.2 Å². The van der Waals surface area contributed by atoms with Crippen LogP contribution < -0.4 is 20.2 Å². The Morgan fingerprint density at radius 1 is 1.17 bits per heavy atom. The lowest BCUT2D eigenvalue weighted by Gasteiger charge is -2.26. The number of amidine groups is 1. The van der Waals surface area contributed by atoms with Gasteiger partial charge in [-0.25, -0.2) is 14.0 Å². The molecule has 1 aliphatic rings. The SMILES string of the molecule is CC[C@@H](NC(=O)N1C/C(=N/Oc2ccc(F)cc2)NC[C@@H](Cc2cc(Cl)ccc2OC)C1=O)c1ccc(C(=O)O)cc1. The monoisotopic (exact) mass is 596 g/mol. The molecular weight excluding hydrogens is 567 g/mol. The minimum atomic E-state index is -1.06. The van der Waals surface area contributed by atoms with Crippen LogP contribution in [0.1, 0.15) is 40.9 Å². The molecule has 1 aliphatic heterocycles. The van der Waals surface area contributed by atoms with E-state index in [0.29, 0.717) is 28.3 Å². The number of rotatable bonds is 9. The van der Waals surface area contributed by atoms with Crippen LogP contribution in [0.2, 0.25) is 5.02 Å². The normalized spacial score (nSPS) is 16.8. The second-order valence-electron chi connectivity index (χ2n) is 9.58. The molecule has 3 N–H and O–H groups in total. The second kappa shape index (κ2) is 13.8. The Bertz CT molecular complexity index is 1470. The number of hydrogen-bond donors (Lipinski definition) is 3. The lowest BCUT2D eigenvalue weighted by atomic mass is 9.97. The summed E-state index contributed by atoms with van der Waals surface area (Å²) in [4.78, 5) is 45.1. The minimum absolute atomic E-state index is 0.120. The Morgan fingerprint density at radius 3 is 2.52 bits per heavy atom. The van der Waals surface area contributed by atoms with Gasteiger partial charge in [0, 0.05) is 11.6 Å². The summed E-state index contributed by atoms with van der Waals surface area (Å²) in [6.45, 7) is 1.78. The number of hydrogen-bond acceptors (Lipinski definition) is 6. The molecule has 1 heterocycles. The van der Waals surface area contributed by atoms with Crippen LogP contribution in [0.25, 0.3) is 0 Å². The largest absolute Gasteiger partial charge is 0.496 e. The summed E-state index contributed by atoms with van der Waals surface area (Å²) in [6.07, 6.45) is 0.704. The maximum absolute atomic E-state index is 13.8. The molecule has 4 rings (SSSR count). The number of amides is 3. The van der Waals surface area contributed by atoms with Crippen molar-refractivity contribution in [3.05, 3.63) is 94.3 Å². The van der Waals surface area contributed by atoms with Crippen molar-refractivity contribution in [2.75, 3.05) is 20.2 Å². The van der Waals surface area contributed by atoms with E-state index >= 15 is 0 Å². The van der Waals surface area contributed by atoms with Gasteiger partial charge in [0.05, 0.1) is 31.2 Å². The number of methoxy groups -OCH3 is 1. The topological polar surface area (TPSA) is 130 Å². The molecule has 0 bridgehead atoms. The Labute approximate surface area is 247 Å². The Hall–Kier alpha value is -4.64. The number of ether oxygens (including phenoxy) is 1. The number of urea groups is 1.